The van der Waals surface area contributed by atoms with Gasteiger partial charge in [0.1, 0.15) is 0 Å². The maximum atomic E-state index is 2.82. The maximum absolute atomic E-state index is 2.82. The predicted molar refractivity (Wildman–Crippen MR) is 160 cm³/mol. The van der Waals surface area contributed by atoms with Crippen molar-refractivity contribution in [3.63, 3.8) is 0 Å². The van der Waals surface area contributed by atoms with E-state index < -0.39 is 21.3 Å². The Morgan fingerprint density at radius 2 is 1.38 bits per heavy atom. The van der Waals surface area contributed by atoms with E-state index >= 15 is 0 Å². The third-order valence-corrected chi connectivity index (χ3v) is 20.3. The summed E-state index contributed by atoms with van der Waals surface area (Å²) >= 11 is -2.26. The molecule has 0 heterocycles. The number of fused-ring (bicyclic) bond motifs is 3. The van der Waals surface area contributed by atoms with Gasteiger partial charge >= 0.3 is 240 Å². The van der Waals surface area contributed by atoms with Crippen molar-refractivity contribution in [3.8, 4) is 11.1 Å². The summed E-state index contributed by atoms with van der Waals surface area (Å²) in [5, 5.41) is 0. The smallest absolute Gasteiger partial charge is 1.00 e. The van der Waals surface area contributed by atoms with Gasteiger partial charge < -0.3 is 24.8 Å². The minimum atomic E-state index is -2.26. The van der Waals surface area contributed by atoms with E-state index in [1.165, 1.54) is 47.9 Å². The van der Waals surface area contributed by atoms with Gasteiger partial charge in [0, 0.05) is 0 Å². The standard InChI is InChI=1S/C17H23.C17H17.C3H6.2ClH.Zr/c1-11-3-4-14(5-11)17(2)15-7-12-6-13(9-15)10-16(17)8-12;1-10-5-14-9-15-6-11(2)13(4)8-17(15)16(14)7-12(10)3;1-3-2;;;/h4-5,11-13,15-16H,6-10H2,1-2H3;5,7-8H,9H2,1-4H3;1-2H3;2*1H;/q;;;;;+2/p-2. The molecule has 2 aromatic carbocycles. The molecule has 1 unspecified atom stereocenters. The Bertz CT molecular complexity index is 1450. The Hall–Kier alpha value is -0.747. The molecule has 4 bridgehead atoms. The van der Waals surface area contributed by atoms with Gasteiger partial charge in [-0.15, -0.1) is 0 Å². The first-order chi connectivity index (χ1) is 18.1. The SMILES string of the molecule is C[C](C)=[Zr+2]([C]1=CC(C2(C)C3CC4CC(C3)CC2C4)=CC1C)[c]1c(C)c(C)cc2c1Cc1cc(C)c(C)cc1-2.[Cl-].[Cl-]. The molecule has 1 atom stereocenters. The average Bonchev–Trinajstić information content (AvgIpc) is 3.40. The summed E-state index contributed by atoms with van der Waals surface area (Å²) in [6.07, 6.45) is 14.3. The van der Waals surface area contributed by atoms with Crippen molar-refractivity contribution in [2.75, 3.05) is 0 Å². The van der Waals surface area contributed by atoms with Gasteiger partial charge in [0.15, 0.2) is 0 Å². The third kappa shape index (κ3) is 4.42. The topological polar surface area (TPSA) is 0 Å². The van der Waals surface area contributed by atoms with Gasteiger partial charge in [-0.05, 0) is 0 Å². The first kappa shape index (κ1) is 30.7. The van der Waals surface area contributed by atoms with E-state index in [0.29, 0.717) is 11.3 Å². The molecule has 0 aliphatic heterocycles. The first-order valence-electron chi connectivity index (χ1n) is 15.4. The van der Waals surface area contributed by atoms with Gasteiger partial charge in [-0.2, -0.15) is 0 Å². The normalized spacial score (nSPS) is 30.4. The molecule has 0 radical (unpaired) electrons. The fourth-order valence-electron chi connectivity index (χ4n) is 9.85. The molecule has 0 amide bonds. The zero-order valence-corrected chi connectivity index (χ0v) is 29.7. The second-order valence-electron chi connectivity index (χ2n) is 14.5. The van der Waals surface area contributed by atoms with Gasteiger partial charge in [0.25, 0.3) is 0 Å². The number of hydrogen-bond donors (Lipinski definition) is 0. The van der Waals surface area contributed by atoms with Crippen LogP contribution in [0.1, 0.15) is 93.2 Å². The molecule has 4 saturated carbocycles. The molecular formula is C37H46Cl2Zr. The minimum Gasteiger partial charge on any atom is -1.00 e. The van der Waals surface area contributed by atoms with Crippen molar-refractivity contribution in [2.24, 2.45) is 35.0 Å². The summed E-state index contributed by atoms with van der Waals surface area (Å²) < 4.78 is 5.42. The zero-order chi connectivity index (χ0) is 26.7. The Morgan fingerprint density at radius 3 is 1.98 bits per heavy atom. The molecule has 6 aliphatic rings. The van der Waals surface area contributed by atoms with Crippen LogP contribution in [0.2, 0.25) is 0 Å². The van der Waals surface area contributed by atoms with E-state index in [-0.39, 0.29) is 24.8 Å². The van der Waals surface area contributed by atoms with Crippen molar-refractivity contribution in [1.82, 2.24) is 0 Å². The molecule has 8 rings (SSSR count). The fraction of sp³-hybridized carbons (Fsp3) is 0.541. The summed E-state index contributed by atoms with van der Waals surface area (Å²) in [6, 6.07) is 7.48. The van der Waals surface area contributed by atoms with Crippen LogP contribution in [0.4, 0.5) is 0 Å². The van der Waals surface area contributed by atoms with Gasteiger partial charge in [-0.25, -0.2) is 0 Å². The molecular weight excluding hydrogens is 607 g/mol. The summed E-state index contributed by atoms with van der Waals surface area (Å²) in [5.41, 5.74) is 14.4. The van der Waals surface area contributed by atoms with Crippen molar-refractivity contribution in [1.29, 1.82) is 0 Å². The Balaban J connectivity index is 0.00000161. The van der Waals surface area contributed by atoms with Crippen LogP contribution in [0.3, 0.4) is 0 Å². The molecule has 40 heavy (non-hydrogen) atoms. The third-order valence-electron chi connectivity index (χ3n) is 12.1. The van der Waals surface area contributed by atoms with E-state index in [1.807, 2.05) is 6.55 Å². The predicted octanol–water partition coefficient (Wildman–Crippen LogP) is 2.88. The number of allylic oxidation sites excluding steroid dienone is 4. The van der Waals surface area contributed by atoms with Crippen LogP contribution in [0.25, 0.3) is 11.1 Å². The summed E-state index contributed by atoms with van der Waals surface area (Å²) in [7, 11) is 0. The van der Waals surface area contributed by atoms with Crippen LogP contribution in [0, 0.1) is 62.7 Å². The van der Waals surface area contributed by atoms with E-state index in [1.54, 1.807) is 37.5 Å². The largest absolute Gasteiger partial charge is 1.00 e. The fourth-order valence-corrected chi connectivity index (χ4v) is 18.0. The number of halogens is 2. The van der Waals surface area contributed by atoms with Gasteiger partial charge in [-0.3, -0.25) is 0 Å². The molecule has 6 aliphatic carbocycles. The van der Waals surface area contributed by atoms with Crippen LogP contribution in [-0.4, -0.2) is 3.21 Å². The number of hydrogen-bond acceptors (Lipinski definition) is 0. The number of rotatable bonds is 3. The maximum Gasteiger partial charge on any atom is -1.00 e. The average molecular weight is 653 g/mol. The molecule has 0 spiro atoms. The zero-order valence-electron chi connectivity index (χ0n) is 25.8. The Labute approximate surface area is 263 Å². The molecule has 0 aromatic heterocycles. The molecule has 3 heteroatoms. The minimum absolute atomic E-state index is 0. The van der Waals surface area contributed by atoms with E-state index in [4.69, 9.17) is 0 Å². The Kier molecular flexibility index (Phi) is 8.26. The van der Waals surface area contributed by atoms with Crippen molar-refractivity contribution in [2.45, 2.75) is 93.9 Å². The molecule has 4 fully saturated rings. The van der Waals surface area contributed by atoms with E-state index in [9.17, 15) is 0 Å². The van der Waals surface area contributed by atoms with Crippen LogP contribution < -0.4 is 28.1 Å². The number of benzene rings is 2. The Morgan fingerprint density at radius 1 is 0.800 bits per heavy atom. The van der Waals surface area contributed by atoms with Gasteiger partial charge in [0.05, 0.1) is 0 Å². The van der Waals surface area contributed by atoms with E-state index in [0.717, 1.165) is 30.1 Å². The summed E-state index contributed by atoms with van der Waals surface area (Å²) in [4.78, 5) is 0. The first-order valence-corrected chi connectivity index (χ1v) is 19.1. The molecule has 212 valence electrons. The van der Waals surface area contributed by atoms with Gasteiger partial charge in [0.2, 0.25) is 0 Å². The summed E-state index contributed by atoms with van der Waals surface area (Å²) in [6.45, 7) is 19.6. The number of aryl methyl sites for hydroxylation is 3. The van der Waals surface area contributed by atoms with Gasteiger partial charge in [-0.1, -0.05) is 0 Å². The second-order valence-corrected chi connectivity index (χ2v) is 21.4. The molecule has 0 nitrogen and oxygen atoms in total. The quantitative estimate of drug-likeness (QED) is 0.409. The molecule has 0 saturated heterocycles. The van der Waals surface area contributed by atoms with E-state index in [2.05, 4.69) is 85.7 Å². The van der Waals surface area contributed by atoms with Crippen molar-refractivity contribution in [3.05, 3.63) is 72.6 Å². The second kappa shape index (κ2) is 10.8. The van der Waals surface area contributed by atoms with Crippen LogP contribution >= 0.6 is 0 Å². The van der Waals surface area contributed by atoms with Crippen molar-refractivity contribution < 1.29 is 46.1 Å². The molecule has 0 N–H and O–H groups in total. The molecule has 2 aromatic rings. The monoisotopic (exact) mass is 650 g/mol. The van der Waals surface area contributed by atoms with Crippen LogP contribution in [0.15, 0.2) is 39.2 Å². The van der Waals surface area contributed by atoms with Crippen LogP contribution in [-0.2, 0) is 27.7 Å². The summed E-state index contributed by atoms with van der Waals surface area (Å²) in [5.74, 6) is 4.54. The van der Waals surface area contributed by atoms with Crippen molar-refractivity contribution >= 4 is 6.48 Å². The van der Waals surface area contributed by atoms with Crippen LogP contribution in [0.5, 0.6) is 0 Å².